The molecule has 7 nitrogen and oxygen atoms in total. The molecule has 1 N–H and O–H groups in total. The standard InChI is InChI=1S/C29H33Cl2N3O4S/c1-3-5-19-32-29(36)27(4-2)33(20-22-11-13-23(30)14-12-22)28(35)21-34(25-9-7-6-8-10-25)39(37,38)26-17-15-24(31)16-18-26/h6-18,27H,3-5,19-21H2,1-2H3,(H,32,36)/t27-/m0/s1. The lowest BCUT2D eigenvalue weighted by Gasteiger charge is -2.33. The molecule has 3 aromatic carbocycles. The van der Waals surface area contributed by atoms with Crippen LogP contribution in [0, 0.1) is 0 Å². The topological polar surface area (TPSA) is 86.8 Å². The number of halogens is 2. The molecule has 0 fully saturated rings. The Morgan fingerprint density at radius 1 is 0.872 bits per heavy atom. The molecule has 10 heteroatoms. The SMILES string of the molecule is CCCCNC(=O)[C@H](CC)N(Cc1ccc(Cl)cc1)C(=O)CN(c1ccccc1)S(=O)(=O)c1ccc(Cl)cc1. The van der Waals surface area contributed by atoms with Crippen molar-refractivity contribution in [1.29, 1.82) is 0 Å². The lowest BCUT2D eigenvalue weighted by molar-refractivity contribution is -0.140. The first kappa shape index (κ1) is 30.5. The van der Waals surface area contributed by atoms with E-state index in [-0.39, 0.29) is 17.3 Å². The quantitative estimate of drug-likeness (QED) is 0.251. The lowest BCUT2D eigenvalue weighted by Crippen LogP contribution is -2.52. The molecule has 39 heavy (non-hydrogen) atoms. The first-order valence-corrected chi connectivity index (χ1v) is 15.0. The Kier molecular flexibility index (Phi) is 11.2. The summed E-state index contributed by atoms with van der Waals surface area (Å²) in [5, 5.41) is 3.85. The zero-order chi connectivity index (χ0) is 28.4. The van der Waals surface area contributed by atoms with E-state index in [9.17, 15) is 18.0 Å². The maximum atomic E-state index is 14.0. The van der Waals surface area contributed by atoms with Crippen LogP contribution in [0.3, 0.4) is 0 Å². The summed E-state index contributed by atoms with van der Waals surface area (Å²) in [6, 6.07) is 20.4. The van der Waals surface area contributed by atoms with E-state index in [0.717, 1.165) is 22.7 Å². The van der Waals surface area contributed by atoms with E-state index in [1.54, 1.807) is 54.6 Å². The van der Waals surface area contributed by atoms with Crippen LogP contribution in [0.5, 0.6) is 0 Å². The van der Waals surface area contributed by atoms with Gasteiger partial charge in [0, 0.05) is 23.1 Å². The van der Waals surface area contributed by atoms with Gasteiger partial charge in [0.15, 0.2) is 0 Å². The van der Waals surface area contributed by atoms with Crippen molar-refractivity contribution < 1.29 is 18.0 Å². The van der Waals surface area contributed by atoms with Gasteiger partial charge >= 0.3 is 0 Å². The smallest absolute Gasteiger partial charge is 0.264 e. The normalized spacial score (nSPS) is 12.0. The fraction of sp³-hybridized carbons (Fsp3) is 0.310. The van der Waals surface area contributed by atoms with Crippen LogP contribution >= 0.6 is 23.2 Å². The molecule has 3 rings (SSSR count). The summed E-state index contributed by atoms with van der Waals surface area (Å²) in [5.41, 5.74) is 1.09. The second-order valence-electron chi connectivity index (χ2n) is 9.02. The van der Waals surface area contributed by atoms with Gasteiger partial charge < -0.3 is 10.2 Å². The van der Waals surface area contributed by atoms with Crippen LogP contribution in [0.2, 0.25) is 10.0 Å². The van der Waals surface area contributed by atoms with Crippen LogP contribution in [0.4, 0.5) is 5.69 Å². The monoisotopic (exact) mass is 589 g/mol. The van der Waals surface area contributed by atoms with Crippen LogP contribution in [0.15, 0.2) is 83.8 Å². The molecular formula is C29H33Cl2N3O4S. The van der Waals surface area contributed by atoms with Gasteiger partial charge in [-0.1, -0.05) is 73.8 Å². The van der Waals surface area contributed by atoms with Gasteiger partial charge in [0.1, 0.15) is 12.6 Å². The van der Waals surface area contributed by atoms with Crippen molar-refractivity contribution in [2.75, 3.05) is 17.4 Å². The number of nitrogens with one attached hydrogen (secondary N) is 1. The molecule has 0 heterocycles. The number of unbranched alkanes of at least 4 members (excludes halogenated alkanes) is 1. The highest BCUT2D eigenvalue weighted by Crippen LogP contribution is 2.25. The fourth-order valence-electron chi connectivity index (χ4n) is 4.07. The fourth-order valence-corrected chi connectivity index (χ4v) is 5.74. The molecule has 0 aliphatic rings. The molecule has 0 spiro atoms. The molecule has 0 bridgehead atoms. The van der Waals surface area contributed by atoms with Gasteiger partial charge in [-0.3, -0.25) is 13.9 Å². The van der Waals surface area contributed by atoms with E-state index in [4.69, 9.17) is 23.2 Å². The maximum absolute atomic E-state index is 14.0. The molecule has 208 valence electrons. The van der Waals surface area contributed by atoms with Crippen LogP contribution in [-0.4, -0.2) is 44.3 Å². The second-order valence-corrected chi connectivity index (χ2v) is 11.8. The Labute approximate surface area is 240 Å². The third kappa shape index (κ3) is 8.21. The molecule has 3 aromatic rings. The zero-order valence-electron chi connectivity index (χ0n) is 22.0. The summed E-state index contributed by atoms with van der Waals surface area (Å²) in [4.78, 5) is 28.6. The van der Waals surface area contributed by atoms with E-state index >= 15 is 0 Å². The number of sulfonamides is 1. The van der Waals surface area contributed by atoms with Gasteiger partial charge in [-0.2, -0.15) is 0 Å². The number of para-hydroxylation sites is 1. The number of hydrogen-bond donors (Lipinski definition) is 1. The lowest BCUT2D eigenvalue weighted by atomic mass is 10.1. The van der Waals surface area contributed by atoms with Crippen molar-refractivity contribution in [3.63, 3.8) is 0 Å². The summed E-state index contributed by atoms with van der Waals surface area (Å²) in [6.07, 6.45) is 2.08. The Balaban J connectivity index is 2.00. The van der Waals surface area contributed by atoms with Gasteiger partial charge in [-0.25, -0.2) is 8.42 Å². The average Bonchev–Trinajstić information content (AvgIpc) is 2.93. The van der Waals surface area contributed by atoms with Crippen LogP contribution in [0.1, 0.15) is 38.7 Å². The van der Waals surface area contributed by atoms with Crippen molar-refractivity contribution in [2.45, 2.75) is 50.6 Å². The summed E-state index contributed by atoms with van der Waals surface area (Å²) in [7, 11) is -4.14. The third-order valence-corrected chi connectivity index (χ3v) is 8.50. The summed E-state index contributed by atoms with van der Waals surface area (Å²) in [5.74, 6) is -0.788. The molecule has 0 aromatic heterocycles. The van der Waals surface area contributed by atoms with E-state index < -0.39 is 28.5 Å². The molecular weight excluding hydrogens is 557 g/mol. The largest absolute Gasteiger partial charge is 0.354 e. The average molecular weight is 591 g/mol. The van der Waals surface area contributed by atoms with Crippen LogP contribution in [-0.2, 0) is 26.2 Å². The Morgan fingerprint density at radius 2 is 1.46 bits per heavy atom. The Hall–Kier alpha value is -3.07. The number of benzene rings is 3. The van der Waals surface area contributed by atoms with E-state index in [0.29, 0.717) is 28.7 Å². The summed E-state index contributed by atoms with van der Waals surface area (Å²) in [6.45, 7) is 3.96. The van der Waals surface area contributed by atoms with Gasteiger partial charge in [-0.15, -0.1) is 0 Å². The zero-order valence-corrected chi connectivity index (χ0v) is 24.3. The van der Waals surface area contributed by atoms with Crippen molar-refractivity contribution in [3.8, 4) is 0 Å². The van der Waals surface area contributed by atoms with Crippen molar-refractivity contribution in [1.82, 2.24) is 10.2 Å². The Morgan fingerprint density at radius 3 is 2.03 bits per heavy atom. The molecule has 0 aliphatic heterocycles. The number of carbonyl (C=O) groups excluding carboxylic acids is 2. The number of nitrogens with zero attached hydrogens (tertiary/aromatic N) is 2. The number of hydrogen-bond acceptors (Lipinski definition) is 4. The molecule has 0 aliphatic carbocycles. The van der Waals surface area contributed by atoms with E-state index in [1.807, 2.05) is 13.8 Å². The molecule has 0 saturated heterocycles. The number of amides is 2. The van der Waals surface area contributed by atoms with E-state index in [1.165, 1.54) is 29.2 Å². The molecule has 0 unspecified atom stereocenters. The highest BCUT2D eigenvalue weighted by atomic mass is 35.5. The molecule has 2 amide bonds. The predicted octanol–water partition coefficient (Wildman–Crippen LogP) is 5.91. The first-order chi connectivity index (χ1) is 18.7. The molecule has 0 saturated carbocycles. The molecule has 1 atom stereocenters. The number of carbonyl (C=O) groups is 2. The first-order valence-electron chi connectivity index (χ1n) is 12.8. The second kappa shape index (κ2) is 14.4. The minimum atomic E-state index is -4.14. The highest BCUT2D eigenvalue weighted by Gasteiger charge is 2.33. The number of anilines is 1. The highest BCUT2D eigenvalue weighted by molar-refractivity contribution is 7.92. The van der Waals surface area contributed by atoms with Crippen molar-refractivity contribution in [3.05, 3.63) is 94.5 Å². The minimum Gasteiger partial charge on any atom is -0.354 e. The Bertz CT molecular complexity index is 1340. The van der Waals surface area contributed by atoms with Gasteiger partial charge in [0.2, 0.25) is 11.8 Å². The van der Waals surface area contributed by atoms with Crippen molar-refractivity contribution in [2.24, 2.45) is 0 Å². The van der Waals surface area contributed by atoms with Crippen LogP contribution in [0.25, 0.3) is 0 Å². The predicted molar refractivity (Wildman–Crippen MR) is 156 cm³/mol. The van der Waals surface area contributed by atoms with Crippen molar-refractivity contribution >= 4 is 50.7 Å². The minimum absolute atomic E-state index is 0.00263. The summed E-state index contributed by atoms with van der Waals surface area (Å²) >= 11 is 12.0. The molecule has 0 radical (unpaired) electrons. The van der Waals surface area contributed by atoms with Gasteiger partial charge in [0.05, 0.1) is 10.6 Å². The maximum Gasteiger partial charge on any atom is 0.264 e. The van der Waals surface area contributed by atoms with E-state index in [2.05, 4.69) is 5.32 Å². The van der Waals surface area contributed by atoms with Gasteiger partial charge in [-0.05, 0) is 66.9 Å². The number of rotatable bonds is 13. The van der Waals surface area contributed by atoms with Gasteiger partial charge in [0.25, 0.3) is 10.0 Å². The summed E-state index contributed by atoms with van der Waals surface area (Å²) < 4.78 is 28.6. The third-order valence-electron chi connectivity index (χ3n) is 6.21. The van der Waals surface area contributed by atoms with Crippen LogP contribution < -0.4 is 9.62 Å².